The van der Waals surface area contributed by atoms with Crippen LogP contribution in [0.3, 0.4) is 0 Å². The Balaban J connectivity index is 5.42. The van der Waals surface area contributed by atoms with E-state index >= 15 is 0 Å². The molecule has 2 nitrogen and oxygen atoms in total. The summed E-state index contributed by atoms with van der Waals surface area (Å²) in [7, 11) is 0. The van der Waals surface area contributed by atoms with E-state index in [0.717, 1.165) is 22.6 Å². The average Bonchev–Trinajstić information content (AvgIpc) is 2.25. The molecule has 0 spiro atoms. The number of halogens is 10. The van der Waals surface area contributed by atoms with Crippen LogP contribution in [0.5, 0.6) is 0 Å². The van der Waals surface area contributed by atoms with Crippen LogP contribution in [0.2, 0.25) is 0 Å². The Bertz CT molecular complexity index is 442. The lowest BCUT2D eigenvalue weighted by molar-refractivity contribution is -0.395. The normalized spacial score (nSPS) is 15.0. The molecular formula is C10H8F9IO2. The molecule has 0 saturated heterocycles. The molecule has 0 aliphatic carbocycles. The van der Waals surface area contributed by atoms with E-state index in [1.165, 1.54) is 6.92 Å². The van der Waals surface area contributed by atoms with Crippen LogP contribution in [0.25, 0.3) is 0 Å². The molecule has 0 aromatic heterocycles. The smallest absolute Gasteiger partial charge is 0.460 e. The summed E-state index contributed by atoms with van der Waals surface area (Å²) < 4.78 is 116. The highest BCUT2D eigenvalue weighted by Gasteiger charge is 2.81. The van der Waals surface area contributed by atoms with Crippen LogP contribution in [0, 0.1) is 0 Å². The molecule has 0 atom stereocenters. The summed E-state index contributed by atoms with van der Waals surface area (Å²) in [6.45, 7) is 1.16. The van der Waals surface area contributed by atoms with Crippen molar-refractivity contribution in [3.8, 4) is 0 Å². The van der Waals surface area contributed by atoms with Gasteiger partial charge in [0.1, 0.15) is 0 Å². The van der Waals surface area contributed by atoms with Gasteiger partial charge in [0.2, 0.25) is 0 Å². The van der Waals surface area contributed by atoms with Crippen LogP contribution < -0.4 is 0 Å². The number of carbonyl (C=O) groups is 1. The second-order valence-electron chi connectivity index (χ2n) is 3.87. The Labute approximate surface area is 131 Å². The number of esters is 1. The summed E-state index contributed by atoms with van der Waals surface area (Å²) in [5, 5.41) is 0. The third-order valence-electron chi connectivity index (χ3n) is 2.16. The van der Waals surface area contributed by atoms with Gasteiger partial charge in [-0.15, -0.1) is 0 Å². The number of hydrogen-bond acceptors (Lipinski definition) is 2. The highest BCUT2D eigenvalue weighted by Crippen LogP contribution is 2.54. The highest BCUT2D eigenvalue weighted by molar-refractivity contribution is 14.1. The van der Waals surface area contributed by atoms with Gasteiger partial charge in [0.05, 0.1) is 6.61 Å². The molecule has 0 aliphatic heterocycles. The van der Waals surface area contributed by atoms with Crippen molar-refractivity contribution >= 4 is 28.6 Å². The fraction of sp³-hybridized carbons (Fsp3) is 0.700. The van der Waals surface area contributed by atoms with Crippen LogP contribution in [0.1, 0.15) is 13.3 Å². The van der Waals surface area contributed by atoms with Gasteiger partial charge < -0.3 is 4.74 Å². The zero-order chi connectivity index (χ0) is 18.0. The number of carbonyl (C=O) groups excluding carboxylic acids is 1. The van der Waals surface area contributed by atoms with Crippen molar-refractivity contribution in [1.29, 1.82) is 0 Å². The monoisotopic (exact) mass is 458 g/mol. The third kappa shape index (κ3) is 4.41. The first-order chi connectivity index (χ1) is 9.60. The largest absolute Gasteiger partial charge is 0.463 e. The second-order valence-corrected chi connectivity index (χ2v) is 5.26. The van der Waals surface area contributed by atoms with Gasteiger partial charge >= 0.3 is 29.9 Å². The molecule has 0 saturated carbocycles. The Morgan fingerprint density at radius 2 is 1.45 bits per heavy atom. The third-order valence-corrected chi connectivity index (χ3v) is 2.85. The summed E-state index contributed by atoms with van der Waals surface area (Å²) in [4.78, 5) is 10.9. The lowest BCUT2D eigenvalue weighted by atomic mass is 10.0. The van der Waals surface area contributed by atoms with E-state index in [9.17, 15) is 44.3 Å². The van der Waals surface area contributed by atoms with Gasteiger partial charge in [0, 0.05) is 16.1 Å². The van der Waals surface area contributed by atoms with Gasteiger partial charge in [-0.2, -0.15) is 39.5 Å². The SMILES string of the molecule is CCOC(=O)/C=C(/I)CC(F)(F)C(F)(F)C(F)(F)C(F)(F)F. The first kappa shape index (κ1) is 21.3. The van der Waals surface area contributed by atoms with E-state index in [1.54, 1.807) is 0 Å². The molecule has 0 bridgehead atoms. The molecule has 0 N–H and O–H groups in total. The summed E-state index contributed by atoms with van der Waals surface area (Å²) >= 11 is 0.932. The molecular weight excluding hydrogens is 450 g/mol. The molecule has 0 amide bonds. The maximum atomic E-state index is 13.2. The van der Waals surface area contributed by atoms with Gasteiger partial charge in [-0.25, -0.2) is 4.79 Å². The maximum absolute atomic E-state index is 13.2. The lowest BCUT2D eigenvalue weighted by Gasteiger charge is -2.33. The van der Waals surface area contributed by atoms with E-state index in [-0.39, 0.29) is 6.61 Å². The second kappa shape index (κ2) is 6.83. The first-order valence-electron chi connectivity index (χ1n) is 5.33. The number of ether oxygens (including phenoxy) is 1. The van der Waals surface area contributed by atoms with E-state index < -0.39 is 39.9 Å². The number of hydrogen-bond donors (Lipinski definition) is 0. The van der Waals surface area contributed by atoms with Gasteiger partial charge in [0.25, 0.3) is 0 Å². The fourth-order valence-electron chi connectivity index (χ4n) is 1.09. The van der Waals surface area contributed by atoms with Crippen molar-refractivity contribution in [2.24, 2.45) is 0 Å². The van der Waals surface area contributed by atoms with Crippen LogP contribution >= 0.6 is 22.6 Å². The minimum absolute atomic E-state index is 0.183. The van der Waals surface area contributed by atoms with Crippen molar-refractivity contribution in [2.45, 2.75) is 37.3 Å². The molecule has 12 heteroatoms. The standard InChI is InChI=1S/C10H8F9IO2/c1-2-22-6(21)3-5(20)4-7(11,12)8(13,14)9(15,16)10(17,18)19/h3H,2,4H2,1H3/b5-3+. The van der Waals surface area contributed by atoms with Crippen molar-refractivity contribution < 1.29 is 49.0 Å². The Morgan fingerprint density at radius 1 is 1.00 bits per heavy atom. The zero-order valence-corrected chi connectivity index (χ0v) is 12.7. The zero-order valence-electron chi connectivity index (χ0n) is 10.6. The molecule has 0 aliphatic rings. The van der Waals surface area contributed by atoms with Gasteiger partial charge in [0.15, 0.2) is 0 Å². The minimum Gasteiger partial charge on any atom is -0.463 e. The lowest BCUT2D eigenvalue weighted by Crippen LogP contribution is -2.60. The Hall–Kier alpha value is -0.690. The Morgan fingerprint density at radius 3 is 1.82 bits per heavy atom. The van der Waals surface area contributed by atoms with Crippen molar-refractivity contribution in [2.75, 3.05) is 6.61 Å². The minimum atomic E-state index is -6.94. The van der Waals surface area contributed by atoms with Gasteiger partial charge in [-0.3, -0.25) is 0 Å². The number of alkyl halides is 9. The van der Waals surface area contributed by atoms with Crippen molar-refractivity contribution in [3.05, 3.63) is 9.66 Å². The van der Waals surface area contributed by atoms with Crippen LogP contribution in [0.4, 0.5) is 39.5 Å². The van der Waals surface area contributed by atoms with Crippen molar-refractivity contribution in [1.82, 2.24) is 0 Å². The summed E-state index contributed by atoms with van der Waals surface area (Å²) in [5.74, 6) is -20.6. The van der Waals surface area contributed by atoms with Crippen LogP contribution in [-0.2, 0) is 9.53 Å². The van der Waals surface area contributed by atoms with Crippen molar-refractivity contribution in [3.63, 3.8) is 0 Å². The molecule has 0 rings (SSSR count). The topological polar surface area (TPSA) is 26.3 Å². The quantitative estimate of drug-likeness (QED) is 0.249. The highest BCUT2D eigenvalue weighted by atomic mass is 127. The van der Waals surface area contributed by atoms with Gasteiger partial charge in [-0.1, -0.05) is 0 Å². The molecule has 22 heavy (non-hydrogen) atoms. The fourth-order valence-corrected chi connectivity index (χ4v) is 1.83. The molecule has 0 radical (unpaired) electrons. The molecule has 0 aromatic carbocycles. The van der Waals surface area contributed by atoms with Crippen LogP contribution in [-0.4, -0.2) is 36.5 Å². The predicted molar refractivity (Wildman–Crippen MR) is 64.2 cm³/mol. The molecule has 0 unspecified atom stereocenters. The van der Waals surface area contributed by atoms with E-state index in [0.29, 0.717) is 6.08 Å². The van der Waals surface area contributed by atoms with E-state index in [4.69, 9.17) is 0 Å². The Kier molecular flexibility index (Phi) is 6.61. The van der Waals surface area contributed by atoms with E-state index in [2.05, 4.69) is 4.74 Å². The summed E-state index contributed by atoms with van der Waals surface area (Å²) in [6, 6.07) is 0. The molecule has 0 fully saturated rings. The van der Waals surface area contributed by atoms with Crippen LogP contribution in [0.15, 0.2) is 9.66 Å². The van der Waals surface area contributed by atoms with E-state index in [1.807, 2.05) is 0 Å². The molecule has 0 aromatic rings. The summed E-state index contributed by atoms with van der Waals surface area (Å²) in [6.07, 6.45) is -8.76. The average molecular weight is 458 g/mol. The molecule has 0 heterocycles. The first-order valence-corrected chi connectivity index (χ1v) is 6.41. The van der Waals surface area contributed by atoms with Gasteiger partial charge in [-0.05, 0) is 29.5 Å². The summed E-state index contributed by atoms with van der Waals surface area (Å²) in [5.41, 5.74) is 0. The predicted octanol–water partition coefficient (Wildman–Crippen LogP) is 4.73. The number of rotatable bonds is 6. The number of allylic oxidation sites excluding steroid dienone is 1. The maximum Gasteiger partial charge on any atom is 0.460 e. The molecule has 130 valence electrons.